The highest BCUT2D eigenvalue weighted by molar-refractivity contribution is 8.56. The van der Waals surface area contributed by atoms with Crippen LogP contribution in [0.2, 0.25) is 0 Å². The van der Waals surface area contributed by atoms with Crippen LogP contribution in [0.15, 0.2) is 35.3 Å². The second-order valence-electron chi connectivity index (χ2n) is 7.01. The Labute approximate surface area is 176 Å². The minimum Gasteiger partial charge on any atom is -0.342 e. The number of nitrogens with zero attached hydrogens (tertiary/aromatic N) is 3. The molecule has 28 heavy (non-hydrogen) atoms. The summed E-state index contributed by atoms with van der Waals surface area (Å²) in [6.07, 6.45) is 4.35. The van der Waals surface area contributed by atoms with Crippen molar-refractivity contribution in [2.75, 3.05) is 26.7 Å². The van der Waals surface area contributed by atoms with E-state index in [2.05, 4.69) is 18.7 Å². The molecule has 0 amide bonds. The van der Waals surface area contributed by atoms with Gasteiger partial charge in [-0.3, -0.25) is 9.24 Å². The highest BCUT2D eigenvalue weighted by atomic mass is 32.7. The normalized spacial score (nSPS) is 14.2. The van der Waals surface area contributed by atoms with Crippen molar-refractivity contribution in [2.45, 2.75) is 65.6 Å². The summed E-state index contributed by atoms with van der Waals surface area (Å²) in [5, 5.41) is 0.192. The second-order valence-corrected chi connectivity index (χ2v) is 12.0. The maximum absolute atomic E-state index is 13.8. The summed E-state index contributed by atoms with van der Waals surface area (Å²) in [4.78, 5) is 7.19. The van der Waals surface area contributed by atoms with Crippen LogP contribution in [0.5, 0.6) is 0 Å². The Balaban J connectivity index is 3.37. The minimum absolute atomic E-state index is 0.192. The minimum atomic E-state index is -3.10. The number of hydrogen-bond donors (Lipinski definition) is 0. The number of guanidine groups is 1. The van der Waals surface area contributed by atoms with E-state index in [1.54, 1.807) is 4.67 Å². The van der Waals surface area contributed by atoms with Gasteiger partial charge in [0.2, 0.25) is 5.96 Å². The van der Waals surface area contributed by atoms with E-state index in [-0.39, 0.29) is 5.25 Å². The van der Waals surface area contributed by atoms with Gasteiger partial charge in [-0.05, 0) is 43.3 Å². The van der Waals surface area contributed by atoms with E-state index in [1.165, 1.54) is 11.4 Å². The average molecular weight is 428 g/mol. The van der Waals surface area contributed by atoms with E-state index in [4.69, 9.17) is 9.52 Å². The molecule has 0 saturated carbocycles. The van der Waals surface area contributed by atoms with Gasteiger partial charge in [0.05, 0.1) is 12.3 Å². The molecule has 0 aliphatic carbocycles. The van der Waals surface area contributed by atoms with E-state index in [9.17, 15) is 4.57 Å². The summed E-state index contributed by atoms with van der Waals surface area (Å²) in [5.74, 6) is 0.734. The number of hydrogen-bond acceptors (Lipinski definition) is 4. The molecule has 0 heterocycles. The molecule has 0 radical (unpaired) electrons. The van der Waals surface area contributed by atoms with Crippen LogP contribution in [0, 0.1) is 0 Å². The molecule has 0 N–H and O–H groups in total. The Morgan fingerprint density at radius 2 is 1.68 bits per heavy atom. The van der Waals surface area contributed by atoms with Crippen LogP contribution in [0.3, 0.4) is 0 Å². The van der Waals surface area contributed by atoms with Crippen LogP contribution in [-0.4, -0.2) is 47.5 Å². The number of para-hydroxylation sites is 1. The standard InChI is InChI=1S/C21H38N3O2PS/c1-7-10-17-24(18-11-8-2)21(22-20-15-13-12-14-16-20)23(6)27(25,26-9-3)28-19(4)5/h12-16,19H,7-11,17-18H2,1-6H3. The molecule has 0 aliphatic heterocycles. The maximum atomic E-state index is 13.8. The first kappa shape index (κ1) is 25.1. The van der Waals surface area contributed by atoms with Crippen LogP contribution < -0.4 is 0 Å². The molecule has 0 bridgehead atoms. The Morgan fingerprint density at radius 1 is 1.11 bits per heavy atom. The van der Waals surface area contributed by atoms with Crippen LogP contribution in [0.1, 0.15) is 60.3 Å². The lowest BCUT2D eigenvalue weighted by atomic mass is 10.2. The van der Waals surface area contributed by atoms with Gasteiger partial charge < -0.3 is 9.42 Å². The van der Waals surface area contributed by atoms with Crippen LogP contribution in [0.4, 0.5) is 5.69 Å². The van der Waals surface area contributed by atoms with Crippen molar-refractivity contribution >= 4 is 29.8 Å². The van der Waals surface area contributed by atoms with E-state index in [1.807, 2.05) is 58.2 Å². The smallest absolute Gasteiger partial charge is 0.342 e. The first-order valence-electron chi connectivity index (χ1n) is 10.4. The molecule has 0 fully saturated rings. The predicted octanol–water partition coefficient (Wildman–Crippen LogP) is 6.79. The van der Waals surface area contributed by atoms with Crippen molar-refractivity contribution in [1.82, 2.24) is 9.57 Å². The molecule has 0 spiro atoms. The number of rotatable bonds is 12. The molecule has 0 aromatic heterocycles. The summed E-state index contributed by atoms with van der Waals surface area (Å²) in [7, 11) is 1.86. The summed E-state index contributed by atoms with van der Waals surface area (Å²) >= 11 is 1.39. The van der Waals surface area contributed by atoms with E-state index in [0.717, 1.165) is 50.4 Å². The third kappa shape index (κ3) is 8.18. The molecule has 0 aliphatic rings. The molecule has 1 aromatic rings. The Hall–Kier alpha value is -0.970. The van der Waals surface area contributed by atoms with Gasteiger partial charge in [-0.1, -0.05) is 58.7 Å². The topological polar surface area (TPSA) is 45.1 Å². The van der Waals surface area contributed by atoms with Crippen LogP contribution >= 0.6 is 18.1 Å². The van der Waals surface area contributed by atoms with Gasteiger partial charge >= 0.3 is 6.72 Å². The molecule has 0 saturated heterocycles. The zero-order valence-corrected chi connectivity index (χ0v) is 20.1. The van der Waals surface area contributed by atoms with Gasteiger partial charge in [-0.2, -0.15) is 0 Å². The number of benzene rings is 1. The zero-order valence-electron chi connectivity index (χ0n) is 18.4. The first-order valence-corrected chi connectivity index (χ1v) is 13.5. The van der Waals surface area contributed by atoms with Gasteiger partial charge in [-0.25, -0.2) is 4.99 Å². The van der Waals surface area contributed by atoms with E-state index in [0.29, 0.717) is 6.61 Å². The van der Waals surface area contributed by atoms with Crippen molar-refractivity contribution in [1.29, 1.82) is 0 Å². The van der Waals surface area contributed by atoms with Crippen LogP contribution in [0.25, 0.3) is 0 Å². The van der Waals surface area contributed by atoms with Gasteiger partial charge in [0, 0.05) is 25.4 Å². The van der Waals surface area contributed by atoms with Crippen molar-refractivity contribution in [2.24, 2.45) is 4.99 Å². The predicted molar refractivity (Wildman–Crippen MR) is 125 cm³/mol. The maximum Gasteiger partial charge on any atom is 0.355 e. The summed E-state index contributed by atoms with van der Waals surface area (Å²) in [5.41, 5.74) is 0.861. The lowest BCUT2D eigenvalue weighted by molar-refractivity contribution is 0.308. The third-order valence-corrected chi connectivity index (χ3v) is 9.43. The van der Waals surface area contributed by atoms with Gasteiger partial charge in [0.15, 0.2) is 0 Å². The van der Waals surface area contributed by atoms with E-state index < -0.39 is 6.72 Å². The summed E-state index contributed by atoms with van der Waals surface area (Å²) < 4.78 is 21.4. The molecule has 1 unspecified atom stereocenters. The molecule has 5 nitrogen and oxygen atoms in total. The number of unbranched alkanes of at least 4 members (excludes halogenated alkanes) is 2. The van der Waals surface area contributed by atoms with E-state index >= 15 is 0 Å². The molecule has 7 heteroatoms. The first-order chi connectivity index (χ1) is 13.4. The molecular weight excluding hydrogens is 389 g/mol. The SMILES string of the molecule is CCCCN(CCCC)C(=Nc1ccccc1)N(C)P(=O)(OCC)SC(C)C. The zero-order chi connectivity index (χ0) is 21.0. The quantitative estimate of drug-likeness (QED) is 0.209. The van der Waals surface area contributed by atoms with Gasteiger partial charge in [0.1, 0.15) is 0 Å². The fraction of sp³-hybridized carbons (Fsp3) is 0.667. The lowest BCUT2D eigenvalue weighted by Crippen LogP contribution is -2.42. The Bertz CT molecular complexity index is 617. The van der Waals surface area contributed by atoms with Gasteiger partial charge in [-0.15, -0.1) is 0 Å². The van der Waals surface area contributed by atoms with Gasteiger partial charge in [0.25, 0.3) is 0 Å². The summed E-state index contributed by atoms with van der Waals surface area (Å²) in [6, 6.07) is 9.89. The molecule has 160 valence electrons. The highest BCUT2D eigenvalue weighted by Crippen LogP contribution is 2.63. The number of aliphatic imine (C=N–C) groups is 1. The fourth-order valence-electron chi connectivity index (χ4n) is 2.70. The Morgan fingerprint density at radius 3 is 2.14 bits per heavy atom. The molecule has 1 atom stereocenters. The Kier molecular flexibility index (Phi) is 11.9. The molecule has 1 aromatic carbocycles. The fourth-order valence-corrected chi connectivity index (χ4v) is 7.07. The van der Waals surface area contributed by atoms with Crippen LogP contribution in [-0.2, 0) is 9.09 Å². The van der Waals surface area contributed by atoms with Crippen molar-refractivity contribution in [3.05, 3.63) is 30.3 Å². The molecular formula is C21H38N3O2PS. The summed E-state index contributed by atoms with van der Waals surface area (Å²) in [6.45, 7) is 9.46. The van der Waals surface area contributed by atoms with Crippen molar-refractivity contribution in [3.8, 4) is 0 Å². The highest BCUT2D eigenvalue weighted by Gasteiger charge is 2.35. The molecule has 1 rings (SSSR count). The third-order valence-electron chi connectivity index (χ3n) is 4.12. The monoisotopic (exact) mass is 427 g/mol. The second kappa shape index (κ2) is 13.3. The van der Waals surface area contributed by atoms with Crippen molar-refractivity contribution < 1.29 is 9.09 Å². The van der Waals surface area contributed by atoms with Crippen molar-refractivity contribution in [3.63, 3.8) is 0 Å². The largest absolute Gasteiger partial charge is 0.355 e. The average Bonchev–Trinajstić information content (AvgIpc) is 2.66. The lowest BCUT2D eigenvalue weighted by Gasteiger charge is -2.36.